The average Bonchev–Trinajstić information content (AvgIpc) is 3.15. The van der Waals surface area contributed by atoms with Crippen molar-refractivity contribution in [3.63, 3.8) is 0 Å². The van der Waals surface area contributed by atoms with Gasteiger partial charge >= 0.3 is 5.69 Å². The van der Waals surface area contributed by atoms with Crippen molar-refractivity contribution >= 4 is 24.0 Å². The molecule has 2 heterocycles. The van der Waals surface area contributed by atoms with E-state index in [-0.39, 0.29) is 47.2 Å². The van der Waals surface area contributed by atoms with Gasteiger partial charge in [-0.1, -0.05) is 30.3 Å². The van der Waals surface area contributed by atoms with E-state index in [0.29, 0.717) is 19.6 Å². The van der Waals surface area contributed by atoms with Crippen molar-refractivity contribution < 1.29 is 9.72 Å². The van der Waals surface area contributed by atoms with Crippen LogP contribution in [0.25, 0.3) is 0 Å². The minimum atomic E-state index is -0.541. The van der Waals surface area contributed by atoms with Gasteiger partial charge in [0.15, 0.2) is 0 Å². The van der Waals surface area contributed by atoms with E-state index in [9.17, 15) is 14.9 Å². The highest BCUT2D eigenvalue weighted by molar-refractivity contribution is 5.97. The third kappa shape index (κ3) is 3.42. The standard InChI is InChI=1S/C17H21N5O3.ClH/c1-11-15(22(24)25)16(20(2)19-11)17(23)21-9-13(8-18)14(10-21)12-6-4-3-5-7-12;/h3-7,13-14H,8-10,18H2,1-2H3;1H/t13-,14+;/m1./s1. The molecule has 8 nitrogen and oxygen atoms in total. The number of aryl methyl sites for hydroxylation is 2. The van der Waals surface area contributed by atoms with E-state index in [1.807, 2.05) is 30.3 Å². The third-order valence-electron chi connectivity index (χ3n) is 4.83. The molecule has 0 bridgehead atoms. The van der Waals surface area contributed by atoms with Crippen LogP contribution in [0.5, 0.6) is 0 Å². The number of nitrogens with two attached hydrogens (primary N) is 1. The highest BCUT2D eigenvalue weighted by Crippen LogP contribution is 2.34. The van der Waals surface area contributed by atoms with E-state index in [2.05, 4.69) is 5.10 Å². The topological polar surface area (TPSA) is 107 Å². The van der Waals surface area contributed by atoms with Crippen LogP contribution < -0.4 is 5.73 Å². The Morgan fingerprint density at radius 1 is 1.35 bits per heavy atom. The molecule has 1 aliphatic heterocycles. The Morgan fingerprint density at radius 2 is 2.00 bits per heavy atom. The first-order chi connectivity index (χ1) is 11.9. The van der Waals surface area contributed by atoms with Crippen LogP contribution in [0.15, 0.2) is 30.3 Å². The first-order valence-corrected chi connectivity index (χ1v) is 8.16. The number of nitrogens with zero attached hydrogens (tertiary/aromatic N) is 4. The molecule has 1 amide bonds. The van der Waals surface area contributed by atoms with Crippen molar-refractivity contribution in [1.29, 1.82) is 0 Å². The number of likely N-dealkylation sites (tertiary alicyclic amines) is 1. The highest BCUT2D eigenvalue weighted by Gasteiger charge is 2.39. The maximum atomic E-state index is 13.0. The summed E-state index contributed by atoms with van der Waals surface area (Å²) < 4.78 is 1.29. The third-order valence-corrected chi connectivity index (χ3v) is 4.83. The molecule has 1 aromatic heterocycles. The normalized spacial score (nSPS) is 19.3. The summed E-state index contributed by atoms with van der Waals surface area (Å²) in [7, 11) is 1.55. The fraction of sp³-hybridized carbons (Fsp3) is 0.412. The zero-order valence-electron chi connectivity index (χ0n) is 14.7. The molecule has 2 N–H and O–H groups in total. The molecule has 0 saturated carbocycles. The molecule has 3 rings (SSSR count). The molecule has 140 valence electrons. The summed E-state index contributed by atoms with van der Waals surface area (Å²) in [4.78, 5) is 25.4. The molecule has 26 heavy (non-hydrogen) atoms. The van der Waals surface area contributed by atoms with Crippen molar-refractivity contribution in [3.8, 4) is 0 Å². The molecule has 0 aliphatic carbocycles. The number of benzene rings is 1. The fourth-order valence-corrected chi connectivity index (χ4v) is 3.61. The van der Waals surface area contributed by atoms with Gasteiger partial charge in [0.2, 0.25) is 5.69 Å². The van der Waals surface area contributed by atoms with Gasteiger partial charge in [0.1, 0.15) is 5.69 Å². The maximum Gasteiger partial charge on any atom is 0.322 e. The summed E-state index contributed by atoms with van der Waals surface area (Å²) in [6.07, 6.45) is 0. The number of amides is 1. The van der Waals surface area contributed by atoms with Crippen LogP contribution in [-0.2, 0) is 7.05 Å². The van der Waals surface area contributed by atoms with E-state index >= 15 is 0 Å². The lowest BCUT2D eigenvalue weighted by atomic mass is 9.89. The van der Waals surface area contributed by atoms with Crippen molar-refractivity contribution in [2.24, 2.45) is 18.7 Å². The quantitative estimate of drug-likeness (QED) is 0.644. The summed E-state index contributed by atoms with van der Waals surface area (Å²) in [6, 6.07) is 9.92. The highest BCUT2D eigenvalue weighted by atomic mass is 35.5. The number of halogens is 1. The molecule has 1 aromatic carbocycles. The Kier molecular flexibility index (Phi) is 5.99. The predicted molar refractivity (Wildman–Crippen MR) is 99.5 cm³/mol. The molecule has 0 unspecified atom stereocenters. The average molecular weight is 380 g/mol. The molecule has 9 heteroatoms. The van der Waals surface area contributed by atoms with E-state index in [1.165, 1.54) is 11.6 Å². The molecule has 0 spiro atoms. The lowest BCUT2D eigenvalue weighted by Gasteiger charge is -2.16. The van der Waals surface area contributed by atoms with Gasteiger partial charge in [-0.15, -0.1) is 12.4 Å². The van der Waals surface area contributed by atoms with Gasteiger partial charge in [0.25, 0.3) is 5.91 Å². The predicted octanol–water partition coefficient (Wildman–Crippen LogP) is 1.87. The fourth-order valence-electron chi connectivity index (χ4n) is 3.61. The number of rotatable bonds is 4. The van der Waals surface area contributed by atoms with Gasteiger partial charge in [-0.05, 0) is 24.9 Å². The molecule has 1 saturated heterocycles. The monoisotopic (exact) mass is 379 g/mol. The van der Waals surface area contributed by atoms with Crippen molar-refractivity contribution in [1.82, 2.24) is 14.7 Å². The van der Waals surface area contributed by atoms with Crippen LogP contribution in [0.4, 0.5) is 5.69 Å². The Balaban J connectivity index is 0.00000243. The summed E-state index contributed by atoms with van der Waals surface area (Å²) in [5.41, 5.74) is 7.08. The summed E-state index contributed by atoms with van der Waals surface area (Å²) in [6.45, 7) is 2.96. The molecule has 2 aromatic rings. The largest absolute Gasteiger partial charge is 0.336 e. The van der Waals surface area contributed by atoms with E-state index in [1.54, 1.807) is 11.9 Å². The van der Waals surface area contributed by atoms with Crippen LogP contribution in [-0.4, -0.2) is 45.1 Å². The number of carbonyl (C=O) groups is 1. The second-order valence-corrected chi connectivity index (χ2v) is 6.39. The summed E-state index contributed by atoms with van der Waals surface area (Å²) in [5.74, 6) is -0.116. The Labute approximate surface area is 157 Å². The first-order valence-electron chi connectivity index (χ1n) is 8.16. The van der Waals surface area contributed by atoms with Gasteiger partial charge in [0.05, 0.1) is 4.92 Å². The van der Waals surface area contributed by atoms with Crippen molar-refractivity contribution in [2.45, 2.75) is 12.8 Å². The summed E-state index contributed by atoms with van der Waals surface area (Å²) >= 11 is 0. The Hall–Kier alpha value is -2.45. The van der Waals surface area contributed by atoms with E-state index in [4.69, 9.17) is 5.73 Å². The molecule has 0 radical (unpaired) electrons. The molecule has 2 atom stereocenters. The smallest absolute Gasteiger partial charge is 0.322 e. The van der Waals surface area contributed by atoms with Crippen LogP contribution in [0.1, 0.15) is 27.7 Å². The van der Waals surface area contributed by atoms with Crippen LogP contribution in [0, 0.1) is 23.0 Å². The minimum Gasteiger partial charge on any atom is -0.336 e. The lowest BCUT2D eigenvalue weighted by molar-refractivity contribution is -0.385. The summed E-state index contributed by atoms with van der Waals surface area (Å²) in [5, 5.41) is 15.4. The van der Waals surface area contributed by atoms with Crippen LogP contribution in [0.3, 0.4) is 0 Å². The lowest BCUT2D eigenvalue weighted by Crippen LogP contribution is -2.31. The zero-order valence-corrected chi connectivity index (χ0v) is 15.5. The number of hydrogen-bond donors (Lipinski definition) is 1. The van der Waals surface area contributed by atoms with Crippen LogP contribution in [0.2, 0.25) is 0 Å². The Bertz CT molecular complexity index is 808. The molecule has 1 aliphatic rings. The number of hydrogen-bond acceptors (Lipinski definition) is 5. The SMILES string of the molecule is Cc1nn(C)c(C(=O)N2C[C@@H](CN)[C@H](c3ccccc3)C2)c1[N+](=O)[O-].Cl. The second kappa shape index (κ2) is 7.84. The maximum absolute atomic E-state index is 13.0. The number of carbonyl (C=O) groups excluding carboxylic acids is 1. The minimum absolute atomic E-state index is 0. The molecular weight excluding hydrogens is 358 g/mol. The van der Waals surface area contributed by atoms with Gasteiger partial charge in [0, 0.05) is 26.1 Å². The second-order valence-electron chi connectivity index (χ2n) is 6.39. The zero-order chi connectivity index (χ0) is 18.1. The van der Waals surface area contributed by atoms with Gasteiger partial charge < -0.3 is 10.6 Å². The number of nitro groups is 1. The first kappa shape index (κ1) is 19.9. The molecular formula is C17H22ClN5O3. The molecule has 1 fully saturated rings. The van der Waals surface area contributed by atoms with Gasteiger partial charge in [-0.2, -0.15) is 5.10 Å². The van der Waals surface area contributed by atoms with Crippen molar-refractivity contribution in [3.05, 3.63) is 57.4 Å². The van der Waals surface area contributed by atoms with E-state index < -0.39 is 4.92 Å². The Morgan fingerprint density at radius 3 is 2.58 bits per heavy atom. The van der Waals surface area contributed by atoms with Gasteiger partial charge in [-0.25, -0.2) is 0 Å². The van der Waals surface area contributed by atoms with Crippen LogP contribution >= 0.6 is 12.4 Å². The van der Waals surface area contributed by atoms with Crippen molar-refractivity contribution in [2.75, 3.05) is 19.6 Å². The van der Waals surface area contributed by atoms with E-state index in [0.717, 1.165) is 5.56 Å². The number of aromatic nitrogens is 2. The van der Waals surface area contributed by atoms with Gasteiger partial charge in [-0.3, -0.25) is 19.6 Å².